The molecule has 0 amide bonds. The van der Waals surface area contributed by atoms with Crippen LogP contribution < -0.4 is 15.0 Å². The molecule has 1 unspecified atom stereocenters. The normalized spacial score (nSPS) is 16.2. The van der Waals surface area contributed by atoms with Crippen LogP contribution >= 0.6 is 0 Å². The van der Waals surface area contributed by atoms with E-state index in [1.165, 1.54) is 5.56 Å². The zero-order chi connectivity index (χ0) is 19.1. The first-order chi connectivity index (χ1) is 13.2. The van der Waals surface area contributed by atoms with Crippen molar-refractivity contribution in [3.63, 3.8) is 0 Å². The van der Waals surface area contributed by atoms with Crippen molar-refractivity contribution in [2.45, 2.75) is 12.8 Å². The van der Waals surface area contributed by atoms with E-state index in [4.69, 9.17) is 4.74 Å². The van der Waals surface area contributed by atoms with Crippen molar-refractivity contribution in [1.82, 2.24) is 20.2 Å². The number of aliphatic imine (C=N–C) groups is 1. The number of methoxy groups -OCH3 is 1. The van der Waals surface area contributed by atoms with Crippen molar-refractivity contribution in [2.24, 2.45) is 4.99 Å². The third-order valence-electron chi connectivity index (χ3n) is 4.86. The maximum absolute atomic E-state index is 5.48. The van der Waals surface area contributed by atoms with Crippen molar-refractivity contribution >= 4 is 11.9 Å². The Balaban J connectivity index is 1.54. The molecule has 1 aromatic heterocycles. The molecule has 7 heteroatoms. The summed E-state index contributed by atoms with van der Waals surface area (Å²) < 4.78 is 5.48. The Morgan fingerprint density at radius 1 is 1.15 bits per heavy atom. The van der Waals surface area contributed by atoms with Gasteiger partial charge in [-0.3, -0.25) is 4.99 Å². The smallest absolute Gasteiger partial charge is 0.225 e. The van der Waals surface area contributed by atoms with E-state index in [9.17, 15) is 0 Å². The van der Waals surface area contributed by atoms with Crippen LogP contribution in [-0.2, 0) is 0 Å². The van der Waals surface area contributed by atoms with Crippen LogP contribution in [0.15, 0.2) is 47.7 Å². The fourth-order valence-electron chi connectivity index (χ4n) is 3.33. The van der Waals surface area contributed by atoms with Crippen molar-refractivity contribution in [2.75, 3.05) is 51.8 Å². The van der Waals surface area contributed by atoms with E-state index in [1.54, 1.807) is 19.5 Å². The molecule has 1 N–H and O–H groups in total. The van der Waals surface area contributed by atoms with Gasteiger partial charge in [-0.2, -0.15) is 0 Å². The molecule has 1 aliphatic heterocycles. The lowest BCUT2D eigenvalue weighted by molar-refractivity contribution is 0.368. The summed E-state index contributed by atoms with van der Waals surface area (Å²) in [6.45, 7) is 6.54. The zero-order valence-electron chi connectivity index (χ0n) is 16.3. The third kappa shape index (κ3) is 4.67. The molecule has 1 aliphatic rings. The molecule has 0 radical (unpaired) electrons. The van der Waals surface area contributed by atoms with E-state index in [1.807, 2.05) is 31.3 Å². The Kier molecular flexibility index (Phi) is 6.46. The number of ether oxygens (including phenoxy) is 1. The van der Waals surface area contributed by atoms with Gasteiger partial charge in [-0.25, -0.2) is 9.97 Å². The Bertz CT molecular complexity index is 743. The van der Waals surface area contributed by atoms with Gasteiger partial charge >= 0.3 is 0 Å². The van der Waals surface area contributed by atoms with Gasteiger partial charge in [-0.1, -0.05) is 25.1 Å². The molecule has 1 fully saturated rings. The third-order valence-corrected chi connectivity index (χ3v) is 4.86. The number of para-hydroxylation sites is 1. The molecule has 3 rings (SSSR count). The molecule has 0 saturated carbocycles. The molecule has 0 aliphatic carbocycles. The average Bonchev–Trinajstić information content (AvgIpc) is 2.75. The Morgan fingerprint density at radius 2 is 1.85 bits per heavy atom. The van der Waals surface area contributed by atoms with Gasteiger partial charge in [-0.05, 0) is 17.7 Å². The van der Waals surface area contributed by atoms with Crippen molar-refractivity contribution in [3.8, 4) is 5.75 Å². The lowest BCUT2D eigenvalue weighted by Crippen LogP contribution is -2.53. The molecular formula is C20H28N6O. The van der Waals surface area contributed by atoms with E-state index in [2.05, 4.69) is 43.1 Å². The highest BCUT2D eigenvalue weighted by Gasteiger charge is 2.21. The van der Waals surface area contributed by atoms with E-state index < -0.39 is 0 Å². The number of nitrogens with zero attached hydrogens (tertiary/aromatic N) is 5. The fraction of sp³-hybridized carbons (Fsp3) is 0.450. The number of aromatic nitrogens is 2. The minimum absolute atomic E-state index is 0.317. The van der Waals surface area contributed by atoms with Crippen molar-refractivity contribution in [3.05, 3.63) is 48.3 Å². The first-order valence-electron chi connectivity index (χ1n) is 9.33. The first kappa shape index (κ1) is 18.9. The van der Waals surface area contributed by atoms with Gasteiger partial charge in [0.05, 0.1) is 7.11 Å². The molecule has 1 aromatic carbocycles. The van der Waals surface area contributed by atoms with Crippen LogP contribution in [0, 0.1) is 0 Å². The summed E-state index contributed by atoms with van der Waals surface area (Å²) in [4.78, 5) is 17.6. The van der Waals surface area contributed by atoms with Crippen molar-refractivity contribution < 1.29 is 4.74 Å². The second-order valence-corrected chi connectivity index (χ2v) is 6.59. The van der Waals surface area contributed by atoms with Crippen LogP contribution in [-0.4, -0.2) is 67.7 Å². The molecule has 0 spiro atoms. The minimum Gasteiger partial charge on any atom is -0.496 e. The summed E-state index contributed by atoms with van der Waals surface area (Å²) in [6, 6.07) is 10.0. The van der Waals surface area contributed by atoms with Crippen LogP contribution in [0.1, 0.15) is 18.4 Å². The summed E-state index contributed by atoms with van der Waals surface area (Å²) in [6.07, 6.45) is 3.57. The van der Waals surface area contributed by atoms with Gasteiger partial charge in [0.1, 0.15) is 5.75 Å². The van der Waals surface area contributed by atoms with Gasteiger partial charge in [0.25, 0.3) is 0 Å². The van der Waals surface area contributed by atoms with E-state index in [0.717, 1.165) is 50.4 Å². The number of piperazine rings is 1. The number of benzene rings is 1. The largest absolute Gasteiger partial charge is 0.496 e. The molecule has 27 heavy (non-hydrogen) atoms. The highest BCUT2D eigenvalue weighted by molar-refractivity contribution is 5.80. The van der Waals surface area contributed by atoms with Gasteiger partial charge in [-0.15, -0.1) is 0 Å². The van der Waals surface area contributed by atoms with Crippen LogP contribution in [0.5, 0.6) is 5.75 Å². The molecular weight excluding hydrogens is 340 g/mol. The van der Waals surface area contributed by atoms with Crippen LogP contribution in [0.25, 0.3) is 0 Å². The maximum Gasteiger partial charge on any atom is 0.225 e. The molecule has 2 aromatic rings. The molecule has 1 atom stereocenters. The molecule has 7 nitrogen and oxygen atoms in total. The van der Waals surface area contributed by atoms with E-state index in [-0.39, 0.29) is 0 Å². The summed E-state index contributed by atoms with van der Waals surface area (Å²) in [5, 5.41) is 3.51. The first-order valence-corrected chi connectivity index (χ1v) is 9.33. The second-order valence-electron chi connectivity index (χ2n) is 6.59. The summed E-state index contributed by atoms with van der Waals surface area (Å²) in [5.74, 6) is 2.98. The summed E-state index contributed by atoms with van der Waals surface area (Å²) in [7, 11) is 3.55. The second kappa shape index (κ2) is 9.21. The molecule has 2 heterocycles. The van der Waals surface area contributed by atoms with Gasteiger partial charge in [0.2, 0.25) is 5.95 Å². The predicted octanol–water partition coefficient (Wildman–Crippen LogP) is 1.99. The van der Waals surface area contributed by atoms with Gasteiger partial charge in [0, 0.05) is 58.1 Å². The SMILES string of the molecule is CN=C(NCC(C)c1ccccc1OC)N1CCN(c2ncccn2)CC1. The van der Waals surface area contributed by atoms with Crippen LogP contribution in [0.4, 0.5) is 5.95 Å². The highest BCUT2D eigenvalue weighted by atomic mass is 16.5. The molecule has 144 valence electrons. The average molecular weight is 368 g/mol. The molecule has 0 bridgehead atoms. The van der Waals surface area contributed by atoms with Gasteiger partial charge < -0.3 is 19.9 Å². The number of nitrogens with one attached hydrogen (secondary N) is 1. The number of hydrogen-bond donors (Lipinski definition) is 1. The Morgan fingerprint density at radius 3 is 2.52 bits per heavy atom. The predicted molar refractivity (Wildman–Crippen MR) is 109 cm³/mol. The Hall–Kier alpha value is -2.83. The maximum atomic E-state index is 5.48. The zero-order valence-corrected chi connectivity index (χ0v) is 16.3. The molecule has 1 saturated heterocycles. The van der Waals surface area contributed by atoms with E-state index >= 15 is 0 Å². The topological polar surface area (TPSA) is 65.9 Å². The van der Waals surface area contributed by atoms with Crippen LogP contribution in [0.2, 0.25) is 0 Å². The number of hydrogen-bond acceptors (Lipinski definition) is 5. The Labute approximate surface area is 161 Å². The lowest BCUT2D eigenvalue weighted by Gasteiger charge is -2.36. The summed E-state index contributed by atoms with van der Waals surface area (Å²) in [5.41, 5.74) is 1.20. The standard InChI is InChI=1S/C20H28N6O/c1-16(17-7-4-5-8-18(17)27-3)15-24-19(21-2)25-11-13-26(14-12-25)20-22-9-6-10-23-20/h4-10,16H,11-15H2,1-3H3,(H,21,24). The van der Waals surface area contributed by atoms with E-state index in [0.29, 0.717) is 5.92 Å². The number of anilines is 1. The summed E-state index contributed by atoms with van der Waals surface area (Å²) >= 11 is 0. The quantitative estimate of drug-likeness (QED) is 0.643. The van der Waals surface area contributed by atoms with Crippen molar-refractivity contribution in [1.29, 1.82) is 0 Å². The van der Waals surface area contributed by atoms with Gasteiger partial charge in [0.15, 0.2) is 5.96 Å². The monoisotopic (exact) mass is 368 g/mol. The number of rotatable bonds is 5. The lowest BCUT2D eigenvalue weighted by atomic mass is 10.0. The highest BCUT2D eigenvalue weighted by Crippen LogP contribution is 2.25. The number of guanidine groups is 1. The minimum atomic E-state index is 0.317. The van der Waals surface area contributed by atoms with Crippen LogP contribution in [0.3, 0.4) is 0 Å². The fourth-order valence-corrected chi connectivity index (χ4v) is 3.33.